The van der Waals surface area contributed by atoms with Gasteiger partial charge in [0.15, 0.2) is 0 Å². The topological polar surface area (TPSA) is 67.3 Å². The smallest absolute Gasteiger partial charge is 0.0862 e. The minimum atomic E-state index is -0.409. The molecule has 1 saturated heterocycles. The Morgan fingerprint density at radius 2 is 2.00 bits per heavy atom. The van der Waals surface area contributed by atoms with Gasteiger partial charge in [0, 0.05) is 37.9 Å². The van der Waals surface area contributed by atoms with Crippen molar-refractivity contribution in [2.45, 2.75) is 18.6 Å². The second kappa shape index (κ2) is 7.05. The van der Waals surface area contributed by atoms with Crippen LogP contribution in [0.1, 0.15) is 11.5 Å². The van der Waals surface area contributed by atoms with Crippen molar-refractivity contribution < 1.29 is 5.11 Å². The molecule has 1 aromatic heterocycles. The van der Waals surface area contributed by atoms with Crippen molar-refractivity contribution in [3.8, 4) is 0 Å². The zero-order valence-electron chi connectivity index (χ0n) is 12.8. The van der Waals surface area contributed by atoms with Crippen molar-refractivity contribution in [3.63, 3.8) is 0 Å². The minimum Gasteiger partial charge on any atom is -0.390 e. The van der Waals surface area contributed by atoms with E-state index >= 15 is 0 Å². The van der Waals surface area contributed by atoms with Gasteiger partial charge < -0.3 is 10.8 Å². The van der Waals surface area contributed by atoms with Crippen LogP contribution in [0.3, 0.4) is 0 Å². The van der Waals surface area contributed by atoms with Crippen LogP contribution in [0.15, 0.2) is 48.8 Å². The first-order chi connectivity index (χ1) is 10.8. The molecule has 0 amide bonds. The molecule has 2 heterocycles. The molecule has 0 saturated carbocycles. The number of benzene rings is 1. The van der Waals surface area contributed by atoms with Gasteiger partial charge in [0.2, 0.25) is 0 Å². The van der Waals surface area contributed by atoms with Crippen LogP contribution in [0.25, 0.3) is 0 Å². The summed E-state index contributed by atoms with van der Waals surface area (Å²) in [6, 6.07) is 12.4. The Morgan fingerprint density at radius 1 is 1.18 bits per heavy atom. The molecule has 22 heavy (non-hydrogen) atoms. The lowest BCUT2D eigenvalue weighted by Gasteiger charge is -2.20. The van der Waals surface area contributed by atoms with Crippen molar-refractivity contribution in [1.82, 2.24) is 14.7 Å². The van der Waals surface area contributed by atoms with Gasteiger partial charge in [-0.1, -0.05) is 30.3 Å². The SMILES string of the molecule is NC[C@@H]1CN(CC(O)Cn2cccn2)C[C@H]1c1ccccc1. The Morgan fingerprint density at radius 3 is 2.68 bits per heavy atom. The number of aromatic nitrogens is 2. The molecule has 1 aliphatic heterocycles. The maximum atomic E-state index is 10.3. The highest BCUT2D eigenvalue weighted by molar-refractivity contribution is 5.22. The van der Waals surface area contributed by atoms with Gasteiger partial charge in [0.25, 0.3) is 0 Å². The number of rotatable bonds is 6. The van der Waals surface area contributed by atoms with Crippen LogP contribution < -0.4 is 5.73 Å². The van der Waals surface area contributed by atoms with Crippen LogP contribution in [-0.4, -0.2) is 52.1 Å². The predicted molar refractivity (Wildman–Crippen MR) is 86.4 cm³/mol. The summed E-state index contributed by atoms with van der Waals surface area (Å²) in [6.07, 6.45) is 3.20. The molecule has 1 aliphatic rings. The van der Waals surface area contributed by atoms with Gasteiger partial charge in [-0.2, -0.15) is 5.10 Å². The summed E-state index contributed by atoms with van der Waals surface area (Å²) in [6.45, 7) is 3.80. The molecule has 2 aromatic rings. The molecule has 1 fully saturated rings. The van der Waals surface area contributed by atoms with E-state index in [0.29, 0.717) is 31.5 Å². The summed E-state index contributed by atoms with van der Waals surface area (Å²) in [5.74, 6) is 0.919. The quantitative estimate of drug-likeness (QED) is 0.832. The number of hydrogen-bond donors (Lipinski definition) is 2. The van der Waals surface area contributed by atoms with E-state index in [-0.39, 0.29) is 0 Å². The van der Waals surface area contributed by atoms with Gasteiger partial charge in [-0.05, 0) is 24.1 Å². The molecular formula is C17H24N4O. The van der Waals surface area contributed by atoms with Crippen molar-refractivity contribution in [3.05, 3.63) is 54.4 Å². The largest absolute Gasteiger partial charge is 0.390 e. The van der Waals surface area contributed by atoms with Gasteiger partial charge in [0.1, 0.15) is 0 Å². The number of hydrogen-bond acceptors (Lipinski definition) is 4. The number of β-amino-alcohol motifs (C(OH)–C–C–N with tert-alkyl or cyclic N) is 1. The average Bonchev–Trinajstić information content (AvgIpc) is 3.17. The van der Waals surface area contributed by atoms with Crippen molar-refractivity contribution in [1.29, 1.82) is 0 Å². The molecule has 0 aliphatic carbocycles. The molecule has 3 atom stereocenters. The summed E-state index contributed by atoms with van der Waals surface area (Å²) < 4.78 is 1.77. The predicted octanol–water partition coefficient (Wildman–Crippen LogP) is 0.918. The van der Waals surface area contributed by atoms with E-state index in [4.69, 9.17) is 5.73 Å². The van der Waals surface area contributed by atoms with Crippen LogP contribution in [-0.2, 0) is 6.54 Å². The summed E-state index contributed by atoms with van der Waals surface area (Å²) in [4.78, 5) is 2.32. The maximum Gasteiger partial charge on any atom is 0.0862 e. The first-order valence-electron chi connectivity index (χ1n) is 7.89. The van der Waals surface area contributed by atoms with Crippen molar-refractivity contribution >= 4 is 0 Å². The molecule has 1 aromatic carbocycles. The molecule has 3 N–H and O–H groups in total. The fraction of sp³-hybridized carbons (Fsp3) is 0.471. The monoisotopic (exact) mass is 300 g/mol. The number of aliphatic hydroxyl groups is 1. The second-order valence-corrected chi connectivity index (χ2v) is 6.11. The summed E-state index contributed by atoms with van der Waals surface area (Å²) >= 11 is 0. The van der Waals surface area contributed by atoms with E-state index in [9.17, 15) is 5.11 Å². The third-order valence-electron chi connectivity index (χ3n) is 4.47. The third kappa shape index (κ3) is 3.55. The lowest BCUT2D eigenvalue weighted by Crippen LogP contribution is -2.34. The summed E-state index contributed by atoms with van der Waals surface area (Å²) in [5, 5.41) is 14.4. The van der Waals surface area contributed by atoms with E-state index in [0.717, 1.165) is 13.1 Å². The number of nitrogens with two attached hydrogens (primary N) is 1. The van der Waals surface area contributed by atoms with Crippen LogP contribution in [0.4, 0.5) is 0 Å². The molecule has 5 nitrogen and oxygen atoms in total. The van der Waals surface area contributed by atoms with Crippen LogP contribution >= 0.6 is 0 Å². The highest BCUT2D eigenvalue weighted by atomic mass is 16.3. The minimum absolute atomic E-state index is 0.409. The van der Waals surface area contributed by atoms with E-state index in [2.05, 4.69) is 34.3 Å². The average molecular weight is 300 g/mol. The number of nitrogens with zero attached hydrogens (tertiary/aromatic N) is 3. The molecular weight excluding hydrogens is 276 g/mol. The zero-order chi connectivity index (χ0) is 15.4. The highest BCUT2D eigenvalue weighted by Gasteiger charge is 2.33. The first kappa shape index (κ1) is 15.2. The molecule has 3 rings (SSSR count). The van der Waals surface area contributed by atoms with E-state index < -0.39 is 6.10 Å². The van der Waals surface area contributed by atoms with E-state index in [1.807, 2.05) is 18.3 Å². The summed E-state index contributed by atoms with van der Waals surface area (Å²) in [5.41, 5.74) is 7.31. The Balaban J connectivity index is 1.59. The van der Waals surface area contributed by atoms with Crippen molar-refractivity contribution in [2.75, 3.05) is 26.2 Å². The second-order valence-electron chi connectivity index (χ2n) is 6.11. The van der Waals surface area contributed by atoms with Crippen molar-refractivity contribution in [2.24, 2.45) is 11.7 Å². The Labute approximate surface area is 131 Å². The fourth-order valence-corrected chi connectivity index (χ4v) is 3.41. The zero-order valence-corrected chi connectivity index (χ0v) is 12.8. The van der Waals surface area contributed by atoms with Gasteiger partial charge in [0.05, 0.1) is 12.6 Å². The molecule has 1 unspecified atom stereocenters. The lowest BCUT2D eigenvalue weighted by atomic mass is 9.89. The number of likely N-dealkylation sites (tertiary alicyclic amines) is 1. The first-order valence-corrected chi connectivity index (χ1v) is 7.89. The van der Waals surface area contributed by atoms with E-state index in [1.165, 1.54) is 5.56 Å². The lowest BCUT2D eigenvalue weighted by molar-refractivity contribution is 0.104. The highest BCUT2D eigenvalue weighted by Crippen LogP contribution is 2.31. The summed E-state index contributed by atoms with van der Waals surface area (Å²) in [7, 11) is 0. The Hall–Kier alpha value is -1.69. The maximum absolute atomic E-state index is 10.3. The normalized spacial score (nSPS) is 23.7. The van der Waals surface area contributed by atoms with Crippen LogP contribution in [0.5, 0.6) is 0 Å². The van der Waals surface area contributed by atoms with Gasteiger partial charge in [-0.25, -0.2) is 0 Å². The standard InChI is InChI=1S/C17H24N4O/c18-9-15-10-20(11-16(22)12-21-8-4-7-19-21)13-17(15)14-5-2-1-3-6-14/h1-8,15-17,22H,9-13,18H2/t15-,16?,17+/m1/s1. The number of aliphatic hydroxyl groups excluding tert-OH is 1. The molecule has 0 radical (unpaired) electrons. The molecule has 0 spiro atoms. The molecule has 0 bridgehead atoms. The van der Waals surface area contributed by atoms with Gasteiger partial charge in [-0.3, -0.25) is 9.58 Å². The van der Waals surface area contributed by atoms with Gasteiger partial charge >= 0.3 is 0 Å². The van der Waals surface area contributed by atoms with E-state index in [1.54, 1.807) is 10.9 Å². The third-order valence-corrected chi connectivity index (χ3v) is 4.47. The van der Waals surface area contributed by atoms with Gasteiger partial charge in [-0.15, -0.1) is 0 Å². The molecule has 5 heteroatoms. The van der Waals surface area contributed by atoms with Crippen LogP contribution in [0, 0.1) is 5.92 Å². The molecule has 118 valence electrons. The fourth-order valence-electron chi connectivity index (χ4n) is 3.41. The Kier molecular flexibility index (Phi) is 4.87. The Bertz CT molecular complexity index is 557. The van der Waals surface area contributed by atoms with Crippen LogP contribution in [0.2, 0.25) is 0 Å².